The highest BCUT2D eigenvalue weighted by atomic mass is 35.5. The van der Waals surface area contributed by atoms with Gasteiger partial charge in [-0.15, -0.1) is 0 Å². The lowest BCUT2D eigenvalue weighted by molar-refractivity contribution is 0.0509. The fourth-order valence-electron chi connectivity index (χ4n) is 1.22. The van der Waals surface area contributed by atoms with E-state index in [4.69, 9.17) is 16.3 Å². The third kappa shape index (κ3) is 4.21. The highest BCUT2D eigenvalue weighted by Gasteiger charge is 2.09. The number of carbonyl (C=O) groups is 1. The van der Waals surface area contributed by atoms with Gasteiger partial charge in [0.1, 0.15) is 6.61 Å². The molecule has 3 nitrogen and oxygen atoms in total. The summed E-state index contributed by atoms with van der Waals surface area (Å²) >= 11 is 5.87. The standard InChI is InChI=1S/C12H16ClNO2/c1-2-7-14-8-9-16-12(15)10-5-3-4-6-11(10)13/h3-6,14H,2,7-9H2,1H3. The van der Waals surface area contributed by atoms with Crippen molar-refractivity contribution in [3.63, 3.8) is 0 Å². The number of halogens is 1. The topological polar surface area (TPSA) is 38.3 Å². The van der Waals surface area contributed by atoms with Crippen LogP contribution in [0, 0.1) is 0 Å². The Morgan fingerprint density at radius 3 is 2.81 bits per heavy atom. The minimum absolute atomic E-state index is 0.365. The van der Waals surface area contributed by atoms with Crippen LogP contribution in [0.5, 0.6) is 0 Å². The van der Waals surface area contributed by atoms with Crippen molar-refractivity contribution in [3.8, 4) is 0 Å². The van der Waals surface area contributed by atoms with Crippen LogP contribution in [0.15, 0.2) is 24.3 Å². The highest BCUT2D eigenvalue weighted by Crippen LogP contribution is 2.15. The average molecular weight is 242 g/mol. The molecule has 0 amide bonds. The first-order valence-electron chi connectivity index (χ1n) is 5.38. The van der Waals surface area contributed by atoms with Crippen molar-refractivity contribution in [3.05, 3.63) is 34.9 Å². The summed E-state index contributed by atoms with van der Waals surface area (Å²) in [7, 11) is 0. The molecule has 0 aliphatic carbocycles. The molecule has 0 heterocycles. The van der Waals surface area contributed by atoms with Gasteiger partial charge in [0.25, 0.3) is 0 Å². The van der Waals surface area contributed by atoms with Crippen molar-refractivity contribution >= 4 is 17.6 Å². The molecule has 0 bridgehead atoms. The lowest BCUT2D eigenvalue weighted by Gasteiger charge is -2.06. The molecule has 1 aromatic rings. The lowest BCUT2D eigenvalue weighted by atomic mass is 10.2. The molecule has 0 atom stereocenters. The summed E-state index contributed by atoms with van der Waals surface area (Å²) in [5.41, 5.74) is 0.416. The minimum atomic E-state index is -0.371. The van der Waals surface area contributed by atoms with Crippen molar-refractivity contribution < 1.29 is 9.53 Å². The summed E-state index contributed by atoms with van der Waals surface area (Å²) in [5, 5.41) is 3.57. The first-order valence-corrected chi connectivity index (χ1v) is 5.76. The third-order valence-electron chi connectivity index (χ3n) is 2.03. The predicted molar refractivity (Wildman–Crippen MR) is 64.9 cm³/mol. The van der Waals surface area contributed by atoms with Crippen molar-refractivity contribution in [2.75, 3.05) is 19.7 Å². The number of hydrogen-bond acceptors (Lipinski definition) is 3. The molecular formula is C12H16ClNO2. The van der Waals surface area contributed by atoms with Crippen molar-refractivity contribution in [2.45, 2.75) is 13.3 Å². The number of rotatable bonds is 6. The Hall–Kier alpha value is -1.06. The summed E-state index contributed by atoms with van der Waals surface area (Å²) in [6, 6.07) is 6.87. The molecule has 4 heteroatoms. The zero-order chi connectivity index (χ0) is 11.8. The van der Waals surface area contributed by atoms with Crippen LogP contribution < -0.4 is 5.32 Å². The molecule has 16 heavy (non-hydrogen) atoms. The molecule has 1 rings (SSSR count). The van der Waals surface area contributed by atoms with Crippen LogP contribution in [0.1, 0.15) is 23.7 Å². The number of esters is 1. The maximum absolute atomic E-state index is 11.6. The fourth-order valence-corrected chi connectivity index (χ4v) is 1.44. The van der Waals surface area contributed by atoms with E-state index in [9.17, 15) is 4.79 Å². The second kappa shape index (κ2) is 7.25. The highest BCUT2D eigenvalue weighted by molar-refractivity contribution is 6.33. The van der Waals surface area contributed by atoms with Crippen LogP contribution in [0.4, 0.5) is 0 Å². The smallest absolute Gasteiger partial charge is 0.339 e. The molecule has 0 aliphatic rings. The molecule has 0 unspecified atom stereocenters. The zero-order valence-electron chi connectivity index (χ0n) is 9.33. The van der Waals surface area contributed by atoms with Gasteiger partial charge in [-0.3, -0.25) is 0 Å². The van der Waals surface area contributed by atoms with Crippen molar-refractivity contribution in [1.82, 2.24) is 5.32 Å². The Bertz CT molecular complexity index is 342. The summed E-state index contributed by atoms with van der Waals surface area (Å²) in [6.07, 6.45) is 1.07. The van der Waals surface area contributed by atoms with Crippen LogP contribution >= 0.6 is 11.6 Å². The van der Waals surface area contributed by atoms with Gasteiger partial charge in [0.15, 0.2) is 0 Å². The van der Waals surface area contributed by atoms with Crippen LogP contribution in [0.3, 0.4) is 0 Å². The quantitative estimate of drug-likeness (QED) is 0.614. The maximum Gasteiger partial charge on any atom is 0.339 e. The minimum Gasteiger partial charge on any atom is -0.461 e. The van der Waals surface area contributed by atoms with E-state index >= 15 is 0 Å². The zero-order valence-corrected chi connectivity index (χ0v) is 10.1. The number of carbonyl (C=O) groups excluding carboxylic acids is 1. The van der Waals surface area contributed by atoms with Crippen LogP contribution in [-0.2, 0) is 4.74 Å². The van der Waals surface area contributed by atoms with Gasteiger partial charge in [-0.25, -0.2) is 4.79 Å². The Kier molecular flexibility index (Phi) is 5.90. The fraction of sp³-hybridized carbons (Fsp3) is 0.417. The van der Waals surface area contributed by atoms with Gasteiger partial charge in [-0.2, -0.15) is 0 Å². The Morgan fingerprint density at radius 1 is 1.38 bits per heavy atom. The Morgan fingerprint density at radius 2 is 2.12 bits per heavy atom. The van der Waals surface area contributed by atoms with E-state index in [0.29, 0.717) is 23.7 Å². The number of nitrogens with one attached hydrogen (secondary N) is 1. The summed E-state index contributed by atoms with van der Waals surface area (Å²) in [4.78, 5) is 11.6. The Balaban J connectivity index is 2.33. The Labute approximate surface area is 101 Å². The second-order valence-corrected chi connectivity index (χ2v) is 3.77. The second-order valence-electron chi connectivity index (χ2n) is 3.37. The molecule has 1 aromatic carbocycles. The van der Waals surface area contributed by atoms with E-state index < -0.39 is 0 Å². The maximum atomic E-state index is 11.6. The van der Waals surface area contributed by atoms with E-state index in [1.165, 1.54) is 0 Å². The molecule has 0 saturated heterocycles. The van der Waals surface area contributed by atoms with E-state index in [0.717, 1.165) is 13.0 Å². The monoisotopic (exact) mass is 241 g/mol. The third-order valence-corrected chi connectivity index (χ3v) is 2.36. The van der Waals surface area contributed by atoms with Gasteiger partial charge >= 0.3 is 5.97 Å². The normalized spacial score (nSPS) is 10.1. The van der Waals surface area contributed by atoms with Crippen LogP contribution in [-0.4, -0.2) is 25.7 Å². The summed E-state index contributed by atoms with van der Waals surface area (Å²) in [6.45, 7) is 4.06. The largest absolute Gasteiger partial charge is 0.461 e. The van der Waals surface area contributed by atoms with Gasteiger partial charge in [0, 0.05) is 6.54 Å². The van der Waals surface area contributed by atoms with Crippen LogP contribution in [0.25, 0.3) is 0 Å². The van der Waals surface area contributed by atoms with Gasteiger partial charge < -0.3 is 10.1 Å². The molecule has 0 radical (unpaired) electrons. The van der Waals surface area contributed by atoms with Gasteiger partial charge in [0.05, 0.1) is 10.6 Å². The molecule has 0 aromatic heterocycles. The number of benzene rings is 1. The van der Waals surface area contributed by atoms with Crippen molar-refractivity contribution in [2.24, 2.45) is 0 Å². The molecular weight excluding hydrogens is 226 g/mol. The first-order chi connectivity index (χ1) is 7.75. The lowest BCUT2D eigenvalue weighted by Crippen LogP contribution is -2.22. The first kappa shape index (κ1) is 13.0. The van der Waals surface area contributed by atoms with E-state index in [2.05, 4.69) is 12.2 Å². The predicted octanol–water partition coefficient (Wildman–Crippen LogP) is 2.50. The summed E-state index contributed by atoms with van der Waals surface area (Å²) in [5.74, 6) is -0.371. The van der Waals surface area contributed by atoms with E-state index in [-0.39, 0.29) is 5.97 Å². The van der Waals surface area contributed by atoms with Crippen LogP contribution in [0.2, 0.25) is 5.02 Å². The average Bonchev–Trinajstić information content (AvgIpc) is 2.29. The number of hydrogen-bond donors (Lipinski definition) is 1. The molecule has 0 saturated carbocycles. The molecule has 0 aliphatic heterocycles. The van der Waals surface area contributed by atoms with Gasteiger partial charge in [0.2, 0.25) is 0 Å². The van der Waals surface area contributed by atoms with Gasteiger partial charge in [-0.1, -0.05) is 30.7 Å². The molecule has 0 spiro atoms. The van der Waals surface area contributed by atoms with E-state index in [1.54, 1.807) is 24.3 Å². The number of ether oxygens (including phenoxy) is 1. The van der Waals surface area contributed by atoms with E-state index in [1.807, 2.05) is 0 Å². The molecule has 88 valence electrons. The molecule has 0 fully saturated rings. The SMILES string of the molecule is CCCNCCOC(=O)c1ccccc1Cl. The van der Waals surface area contributed by atoms with Crippen molar-refractivity contribution in [1.29, 1.82) is 0 Å². The molecule has 1 N–H and O–H groups in total. The summed E-state index contributed by atoms with van der Waals surface area (Å²) < 4.78 is 5.07. The van der Waals surface area contributed by atoms with Gasteiger partial charge in [-0.05, 0) is 25.1 Å².